The van der Waals surface area contributed by atoms with E-state index in [-0.39, 0.29) is 11.4 Å². The van der Waals surface area contributed by atoms with Crippen LogP contribution < -0.4 is 20.9 Å². The van der Waals surface area contributed by atoms with Gasteiger partial charge in [0, 0.05) is 11.5 Å². The van der Waals surface area contributed by atoms with Crippen molar-refractivity contribution in [3.63, 3.8) is 0 Å². The summed E-state index contributed by atoms with van der Waals surface area (Å²) < 4.78 is 11.2. The number of methoxy groups -OCH3 is 1. The van der Waals surface area contributed by atoms with Crippen molar-refractivity contribution >= 4 is 22.6 Å². The van der Waals surface area contributed by atoms with Crippen molar-refractivity contribution in [2.75, 3.05) is 12.8 Å². The summed E-state index contributed by atoms with van der Waals surface area (Å²) in [6.07, 6.45) is 0. The molecule has 1 heterocycles. The molecule has 0 atom stereocenters. The van der Waals surface area contributed by atoms with E-state index in [2.05, 4.69) is 4.98 Å². The molecule has 2 aromatic carbocycles. The van der Waals surface area contributed by atoms with Crippen molar-refractivity contribution in [3.8, 4) is 11.5 Å². The molecule has 122 valence electrons. The van der Waals surface area contributed by atoms with Gasteiger partial charge in [0.2, 0.25) is 0 Å². The zero-order valence-corrected chi connectivity index (χ0v) is 13.2. The van der Waals surface area contributed by atoms with Crippen molar-refractivity contribution in [1.82, 2.24) is 4.98 Å². The van der Waals surface area contributed by atoms with E-state index in [1.807, 2.05) is 30.3 Å². The lowest BCUT2D eigenvalue weighted by atomic mass is 10.1. The van der Waals surface area contributed by atoms with Crippen LogP contribution in [0.3, 0.4) is 0 Å². The Morgan fingerprint density at radius 3 is 2.54 bits per heavy atom. The molecule has 0 unspecified atom stereocenters. The van der Waals surface area contributed by atoms with E-state index >= 15 is 0 Å². The van der Waals surface area contributed by atoms with Crippen molar-refractivity contribution in [1.29, 1.82) is 0 Å². The fourth-order valence-electron chi connectivity index (χ4n) is 2.40. The summed E-state index contributed by atoms with van der Waals surface area (Å²) in [4.78, 5) is 15.6. The number of primary amides is 1. The van der Waals surface area contributed by atoms with Gasteiger partial charge in [-0.2, -0.15) is 0 Å². The Morgan fingerprint density at radius 2 is 1.88 bits per heavy atom. The van der Waals surface area contributed by atoms with Gasteiger partial charge in [0.25, 0.3) is 5.91 Å². The first-order chi connectivity index (χ1) is 11.6. The number of hydrogen-bond donors (Lipinski definition) is 2. The number of carbonyl (C=O) groups is 1. The molecule has 1 amide bonds. The Labute approximate surface area is 139 Å². The highest BCUT2D eigenvalue weighted by atomic mass is 16.5. The van der Waals surface area contributed by atoms with Crippen molar-refractivity contribution in [3.05, 3.63) is 59.7 Å². The maximum atomic E-state index is 11.4. The molecule has 0 aliphatic rings. The lowest BCUT2D eigenvalue weighted by Gasteiger charge is -2.13. The average Bonchev–Trinajstić information content (AvgIpc) is 2.59. The van der Waals surface area contributed by atoms with Crippen LogP contribution in [0.25, 0.3) is 10.9 Å². The maximum absolute atomic E-state index is 11.4. The zero-order valence-electron chi connectivity index (χ0n) is 13.2. The molecule has 3 rings (SSSR count). The molecular weight excluding hydrogens is 306 g/mol. The van der Waals surface area contributed by atoms with Gasteiger partial charge in [-0.3, -0.25) is 4.79 Å². The second-order valence-corrected chi connectivity index (χ2v) is 5.26. The van der Waals surface area contributed by atoms with Gasteiger partial charge in [-0.25, -0.2) is 4.98 Å². The monoisotopic (exact) mass is 323 g/mol. The molecule has 0 radical (unpaired) electrons. The normalized spacial score (nSPS) is 10.5. The number of pyridine rings is 1. The molecule has 0 spiro atoms. The van der Waals surface area contributed by atoms with Crippen LogP contribution in [0.2, 0.25) is 0 Å². The van der Waals surface area contributed by atoms with Crippen molar-refractivity contribution < 1.29 is 14.3 Å². The molecule has 0 aliphatic heterocycles. The molecule has 0 bridgehead atoms. The summed E-state index contributed by atoms with van der Waals surface area (Å²) in [5, 5.41) is 0.696. The highest BCUT2D eigenvalue weighted by molar-refractivity contribution is 6.01. The van der Waals surface area contributed by atoms with Crippen LogP contribution in [-0.4, -0.2) is 18.0 Å². The molecule has 1 aromatic heterocycles. The zero-order chi connectivity index (χ0) is 17.1. The fourth-order valence-corrected chi connectivity index (χ4v) is 2.40. The van der Waals surface area contributed by atoms with Crippen LogP contribution in [-0.2, 0) is 6.61 Å². The van der Waals surface area contributed by atoms with Gasteiger partial charge in [0.1, 0.15) is 12.4 Å². The topological polar surface area (TPSA) is 100 Å². The number of carbonyl (C=O) groups excluding carboxylic acids is 1. The van der Waals surface area contributed by atoms with Gasteiger partial charge < -0.3 is 20.9 Å². The highest BCUT2D eigenvalue weighted by Gasteiger charge is 2.13. The molecule has 6 nitrogen and oxygen atoms in total. The molecule has 0 saturated heterocycles. The number of nitrogens with zero attached hydrogens (tertiary/aromatic N) is 1. The third-order valence-electron chi connectivity index (χ3n) is 3.63. The smallest absolute Gasteiger partial charge is 0.252 e. The van der Waals surface area contributed by atoms with Gasteiger partial charge in [-0.05, 0) is 17.7 Å². The quantitative estimate of drug-likeness (QED) is 0.751. The number of rotatable bonds is 5. The van der Waals surface area contributed by atoms with Gasteiger partial charge >= 0.3 is 0 Å². The van der Waals surface area contributed by atoms with Crippen molar-refractivity contribution in [2.45, 2.75) is 6.61 Å². The van der Waals surface area contributed by atoms with E-state index < -0.39 is 5.91 Å². The van der Waals surface area contributed by atoms with Gasteiger partial charge in [0.05, 0.1) is 18.2 Å². The van der Waals surface area contributed by atoms with Crippen LogP contribution >= 0.6 is 0 Å². The Balaban J connectivity index is 1.99. The summed E-state index contributed by atoms with van der Waals surface area (Å²) in [7, 11) is 1.55. The molecule has 0 saturated carbocycles. The third-order valence-corrected chi connectivity index (χ3v) is 3.63. The molecule has 3 aromatic rings. The Hall–Kier alpha value is -3.28. The van der Waals surface area contributed by atoms with Crippen LogP contribution in [0.4, 0.5) is 5.82 Å². The number of fused-ring (bicyclic) bond motifs is 1. The first-order valence-corrected chi connectivity index (χ1v) is 7.33. The van der Waals surface area contributed by atoms with E-state index in [1.165, 1.54) is 0 Å². The highest BCUT2D eigenvalue weighted by Crippen LogP contribution is 2.33. The summed E-state index contributed by atoms with van der Waals surface area (Å²) in [6, 6.07) is 14.9. The molecule has 24 heavy (non-hydrogen) atoms. The lowest BCUT2D eigenvalue weighted by Crippen LogP contribution is -2.14. The minimum atomic E-state index is -0.621. The number of hydrogen-bond acceptors (Lipinski definition) is 5. The number of benzene rings is 2. The number of anilines is 1. The van der Waals surface area contributed by atoms with Gasteiger partial charge in [-0.1, -0.05) is 30.3 Å². The largest absolute Gasteiger partial charge is 0.493 e. The van der Waals surface area contributed by atoms with Crippen LogP contribution in [0.1, 0.15) is 15.9 Å². The first kappa shape index (κ1) is 15.6. The Bertz CT molecular complexity index is 895. The number of amides is 1. The summed E-state index contributed by atoms with van der Waals surface area (Å²) in [5.74, 6) is 0.562. The summed E-state index contributed by atoms with van der Waals surface area (Å²) in [5.41, 5.74) is 12.9. The maximum Gasteiger partial charge on any atom is 0.252 e. The minimum absolute atomic E-state index is 0.0926. The van der Waals surface area contributed by atoms with E-state index in [9.17, 15) is 4.79 Å². The Kier molecular flexibility index (Phi) is 4.20. The molecule has 0 fully saturated rings. The standard InChI is InChI=1S/C18H17N3O3/c1-23-15-9-14-12(7-13(18(20)22)17(19)21-14)8-16(15)24-10-11-5-3-2-4-6-11/h2-9H,10H2,1H3,(H2,19,21)(H2,20,22). The lowest BCUT2D eigenvalue weighted by molar-refractivity contribution is 0.100. The fraction of sp³-hybridized carbons (Fsp3) is 0.111. The molecular formula is C18H17N3O3. The van der Waals surface area contributed by atoms with E-state index in [0.717, 1.165) is 5.56 Å². The van der Waals surface area contributed by atoms with Gasteiger partial charge in [-0.15, -0.1) is 0 Å². The predicted molar refractivity (Wildman–Crippen MR) is 92.0 cm³/mol. The van der Waals surface area contributed by atoms with Crippen molar-refractivity contribution in [2.24, 2.45) is 5.73 Å². The van der Waals surface area contributed by atoms with Gasteiger partial charge in [0.15, 0.2) is 11.5 Å². The third kappa shape index (κ3) is 3.08. The Morgan fingerprint density at radius 1 is 1.12 bits per heavy atom. The van der Waals surface area contributed by atoms with E-state index in [4.69, 9.17) is 20.9 Å². The predicted octanol–water partition coefficient (Wildman–Crippen LogP) is 2.50. The van der Waals surface area contributed by atoms with Crippen LogP contribution in [0.5, 0.6) is 11.5 Å². The molecule has 6 heteroatoms. The number of aromatic nitrogens is 1. The number of ether oxygens (including phenoxy) is 2. The molecule has 0 aliphatic carbocycles. The molecule has 4 N–H and O–H groups in total. The summed E-state index contributed by atoms with van der Waals surface area (Å²) >= 11 is 0. The number of nitrogens with two attached hydrogens (primary N) is 2. The SMILES string of the molecule is COc1cc2nc(N)c(C(N)=O)cc2cc1OCc1ccccc1. The minimum Gasteiger partial charge on any atom is -0.493 e. The second-order valence-electron chi connectivity index (χ2n) is 5.26. The second kappa shape index (κ2) is 6.45. The van der Waals surface area contributed by atoms with Crippen LogP contribution in [0.15, 0.2) is 48.5 Å². The number of nitrogen functional groups attached to an aromatic ring is 1. The van der Waals surface area contributed by atoms with E-state index in [1.54, 1.807) is 25.3 Å². The average molecular weight is 323 g/mol. The first-order valence-electron chi connectivity index (χ1n) is 7.33. The summed E-state index contributed by atoms with van der Waals surface area (Å²) in [6.45, 7) is 0.397. The van der Waals surface area contributed by atoms with E-state index in [0.29, 0.717) is 29.0 Å². The van der Waals surface area contributed by atoms with Crippen LogP contribution in [0, 0.1) is 0 Å².